The Balaban J connectivity index is 3.49. The SMILES string of the molecule is CBCCNP(=O)(O)NCCBr. The molecule has 3 N–H and O–H groups in total. The maximum Gasteiger partial charge on any atom is 0.338 e. The second-order valence-electron chi connectivity index (χ2n) is 2.43. The predicted molar refractivity (Wildman–Crippen MR) is 57.4 cm³/mol. The zero-order valence-electron chi connectivity index (χ0n) is 7.22. The molecule has 4 nitrogen and oxygen atoms in total. The van der Waals surface area contributed by atoms with E-state index in [0.717, 1.165) is 13.6 Å². The highest BCUT2D eigenvalue weighted by Gasteiger charge is 2.14. The summed E-state index contributed by atoms with van der Waals surface area (Å²) in [5, 5.41) is 5.77. The molecule has 0 amide bonds. The highest BCUT2D eigenvalue weighted by molar-refractivity contribution is 9.09. The van der Waals surface area contributed by atoms with Crippen LogP contribution in [0.3, 0.4) is 0 Å². The van der Waals surface area contributed by atoms with E-state index in [-0.39, 0.29) is 0 Å². The maximum atomic E-state index is 11.2. The van der Waals surface area contributed by atoms with Gasteiger partial charge in [0.1, 0.15) is 7.28 Å². The summed E-state index contributed by atoms with van der Waals surface area (Å²) in [6.45, 7) is 3.11. The molecule has 0 spiro atoms. The molecular formula is C5H15BBrN2O2P. The molecule has 72 valence electrons. The lowest BCUT2D eigenvalue weighted by Gasteiger charge is -2.12. The Kier molecular flexibility index (Phi) is 7.48. The van der Waals surface area contributed by atoms with Gasteiger partial charge < -0.3 is 4.89 Å². The Morgan fingerprint density at radius 2 is 2.08 bits per heavy atom. The minimum Gasteiger partial charge on any atom is -0.322 e. The first-order valence-corrected chi connectivity index (χ1v) is 6.79. The summed E-state index contributed by atoms with van der Waals surface area (Å²) in [5.74, 6) is 0. The zero-order chi connectivity index (χ0) is 9.45. The van der Waals surface area contributed by atoms with Crippen LogP contribution >= 0.6 is 23.6 Å². The monoisotopic (exact) mass is 256 g/mol. The van der Waals surface area contributed by atoms with Gasteiger partial charge >= 0.3 is 7.67 Å². The molecule has 0 bridgehead atoms. The highest BCUT2D eigenvalue weighted by Crippen LogP contribution is 2.28. The summed E-state index contributed by atoms with van der Waals surface area (Å²) in [6, 6.07) is 0. The van der Waals surface area contributed by atoms with E-state index in [9.17, 15) is 9.46 Å². The largest absolute Gasteiger partial charge is 0.338 e. The van der Waals surface area contributed by atoms with Crippen molar-refractivity contribution in [2.45, 2.75) is 13.1 Å². The van der Waals surface area contributed by atoms with Crippen molar-refractivity contribution in [3.05, 3.63) is 0 Å². The van der Waals surface area contributed by atoms with Gasteiger partial charge in [0.25, 0.3) is 0 Å². The van der Waals surface area contributed by atoms with E-state index in [1.807, 2.05) is 6.82 Å². The van der Waals surface area contributed by atoms with Crippen LogP contribution < -0.4 is 10.2 Å². The molecule has 7 heteroatoms. The lowest BCUT2D eigenvalue weighted by atomic mass is 9.78. The minimum atomic E-state index is -3.27. The average molecular weight is 257 g/mol. The molecule has 0 radical (unpaired) electrons. The molecule has 0 rings (SSSR count). The molecule has 0 heterocycles. The molecule has 0 saturated carbocycles. The van der Waals surface area contributed by atoms with Crippen LogP contribution in [0, 0.1) is 0 Å². The number of rotatable bonds is 7. The van der Waals surface area contributed by atoms with E-state index in [2.05, 4.69) is 26.1 Å². The fraction of sp³-hybridized carbons (Fsp3) is 1.00. The topological polar surface area (TPSA) is 61.4 Å². The van der Waals surface area contributed by atoms with Crippen LogP contribution in [0.15, 0.2) is 0 Å². The van der Waals surface area contributed by atoms with Crippen LogP contribution in [-0.4, -0.2) is 30.6 Å². The van der Waals surface area contributed by atoms with Crippen LogP contribution in [0.5, 0.6) is 0 Å². The number of halogens is 1. The van der Waals surface area contributed by atoms with Crippen molar-refractivity contribution in [1.29, 1.82) is 0 Å². The Bertz CT molecular complexity index is 160. The quantitative estimate of drug-likeness (QED) is 0.270. The molecule has 0 aromatic rings. The Morgan fingerprint density at radius 1 is 1.50 bits per heavy atom. The van der Waals surface area contributed by atoms with Crippen molar-refractivity contribution in [2.24, 2.45) is 0 Å². The maximum absolute atomic E-state index is 11.2. The van der Waals surface area contributed by atoms with E-state index in [0.29, 0.717) is 18.4 Å². The average Bonchev–Trinajstić information content (AvgIpc) is 2.01. The third-order valence-corrected chi connectivity index (χ3v) is 2.98. The molecule has 0 fully saturated rings. The summed E-state index contributed by atoms with van der Waals surface area (Å²) < 4.78 is 11.2. The lowest BCUT2D eigenvalue weighted by molar-refractivity contribution is 0.451. The fourth-order valence-electron chi connectivity index (χ4n) is 0.657. The zero-order valence-corrected chi connectivity index (χ0v) is 9.70. The summed E-state index contributed by atoms with van der Waals surface area (Å²) in [7, 11) is -2.25. The smallest absolute Gasteiger partial charge is 0.322 e. The van der Waals surface area contributed by atoms with Gasteiger partial charge in [0.15, 0.2) is 0 Å². The summed E-state index contributed by atoms with van der Waals surface area (Å²) in [6.07, 6.45) is 0.917. The van der Waals surface area contributed by atoms with Gasteiger partial charge in [0, 0.05) is 11.9 Å². The number of nitrogens with one attached hydrogen (secondary N) is 2. The first-order valence-electron chi connectivity index (χ1n) is 4.01. The molecule has 0 aromatic heterocycles. The van der Waals surface area contributed by atoms with E-state index in [1.165, 1.54) is 0 Å². The summed E-state index contributed by atoms with van der Waals surface area (Å²) in [5.41, 5.74) is 0. The van der Waals surface area contributed by atoms with Gasteiger partial charge in [-0.05, 0) is 6.54 Å². The second-order valence-corrected chi connectivity index (χ2v) is 5.01. The summed E-state index contributed by atoms with van der Waals surface area (Å²) >= 11 is 3.16. The van der Waals surface area contributed by atoms with Gasteiger partial charge in [-0.3, -0.25) is 4.57 Å². The predicted octanol–water partition coefficient (Wildman–Crippen LogP) is 0.564. The number of alkyl halides is 1. The van der Waals surface area contributed by atoms with Gasteiger partial charge in [-0.25, -0.2) is 10.2 Å². The fourth-order valence-corrected chi connectivity index (χ4v) is 2.15. The second kappa shape index (κ2) is 7.10. The van der Waals surface area contributed by atoms with Crippen LogP contribution in [0.2, 0.25) is 13.1 Å². The van der Waals surface area contributed by atoms with Crippen molar-refractivity contribution in [3.63, 3.8) is 0 Å². The summed E-state index contributed by atoms with van der Waals surface area (Å²) in [4.78, 5) is 9.18. The molecule has 0 saturated heterocycles. The van der Waals surface area contributed by atoms with Gasteiger partial charge in [0.2, 0.25) is 0 Å². The van der Waals surface area contributed by atoms with Crippen LogP contribution in [0.1, 0.15) is 0 Å². The molecule has 0 aromatic carbocycles. The van der Waals surface area contributed by atoms with Crippen molar-refractivity contribution in [3.8, 4) is 0 Å². The molecule has 0 aliphatic carbocycles. The van der Waals surface area contributed by atoms with Crippen molar-refractivity contribution in [2.75, 3.05) is 18.4 Å². The molecule has 0 aliphatic heterocycles. The third-order valence-electron chi connectivity index (χ3n) is 1.28. The normalized spacial score (nSPS) is 15.6. The Hall–Kier alpha value is 0.655. The van der Waals surface area contributed by atoms with E-state index in [1.54, 1.807) is 0 Å². The number of hydrogen-bond acceptors (Lipinski definition) is 1. The lowest BCUT2D eigenvalue weighted by Crippen LogP contribution is -2.24. The van der Waals surface area contributed by atoms with E-state index in [4.69, 9.17) is 0 Å². The molecule has 12 heavy (non-hydrogen) atoms. The molecule has 1 unspecified atom stereocenters. The van der Waals surface area contributed by atoms with Gasteiger partial charge in [-0.1, -0.05) is 29.1 Å². The van der Waals surface area contributed by atoms with Crippen molar-refractivity contribution in [1.82, 2.24) is 10.2 Å². The molecular weight excluding hydrogens is 242 g/mol. The Labute approximate surface area is 82.4 Å². The van der Waals surface area contributed by atoms with Crippen molar-refractivity contribution >= 4 is 30.9 Å². The first kappa shape index (κ1) is 12.7. The van der Waals surface area contributed by atoms with Gasteiger partial charge in [0.05, 0.1) is 0 Å². The standard InChI is InChI=1S/C5H15BBrN2O2P/c1-6-2-4-8-12(10,11)9-5-3-7/h6H,2-5H2,1H3,(H3,8,9,10,11). The first-order chi connectivity index (χ1) is 5.62. The van der Waals surface area contributed by atoms with Crippen LogP contribution in [-0.2, 0) is 4.57 Å². The van der Waals surface area contributed by atoms with Crippen LogP contribution in [0.25, 0.3) is 0 Å². The van der Waals surface area contributed by atoms with Crippen molar-refractivity contribution < 1.29 is 9.46 Å². The van der Waals surface area contributed by atoms with Crippen LogP contribution in [0.4, 0.5) is 0 Å². The third kappa shape index (κ3) is 7.31. The van der Waals surface area contributed by atoms with Gasteiger partial charge in [-0.15, -0.1) is 0 Å². The van der Waals surface area contributed by atoms with E-state index >= 15 is 0 Å². The highest BCUT2D eigenvalue weighted by atomic mass is 79.9. The van der Waals surface area contributed by atoms with E-state index < -0.39 is 7.67 Å². The Morgan fingerprint density at radius 3 is 2.58 bits per heavy atom. The minimum absolute atomic E-state index is 0.493. The van der Waals surface area contributed by atoms with Gasteiger partial charge in [-0.2, -0.15) is 0 Å². The number of hydrogen-bond donors (Lipinski definition) is 3. The molecule has 0 aliphatic rings. The molecule has 1 atom stereocenters.